The molecule has 10 heteroatoms. The minimum absolute atomic E-state index is 0.188. The van der Waals surface area contributed by atoms with Gasteiger partial charge in [0, 0.05) is 57.6 Å². The van der Waals surface area contributed by atoms with Gasteiger partial charge in [0.2, 0.25) is 10.0 Å². The van der Waals surface area contributed by atoms with Gasteiger partial charge in [0.25, 0.3) is 0 Å². The fraction of sp³-hybridized carbons (Fsp3) is 0.500. The van der Waals surface area contributed by atoms with Crippen molar-refractivity contribution in [2.45, 2.75) is 37.6 Å². The van der Waals surface area contributed by atoms with E-state index >= 15 is 0 Å². The summed E-state index contributed by atoms with van der Waals surface area (Å²) in [5.74, 6) is 1.58. The van der Waals surface area contributed by atoms with E-state index < -0.39 is 10.0 Å². The molecule has 1 aromatic carbocycles. The molecule has 34 heavy (non-hydrogen) atoms. The van der Waals surface area contributed by atoms with Crippen LogP contribution in [0.15, 0.2) is 47.5 Å². The first-order valence-corrected chi connectivity index (χ1v) is 13.4. The molecule has 0 spiro atoms. The van der Waals surface area contributed by atoms with Gasteiger partial charge in [-0.1, -0.05) is 6.07 Å². The third-order valence-electron chi connectivity index (χ3n) is 6.25. The van der Waals surface area contributed by atoms with E-state index in [4.69, 9.17) is 4.74 Å². The second kappa shape index (κ2) is 11.1. The van der Waals surface area contributed by atoms with Crippen molar-refractivity contribution < 1.29 is 17.9 Å². The molecule has 2 amide bonds. The molecule has 0 atom stereocenters. The molecule has 184 valence electrons. The maximum atomic E-state index is 13.0. The Labute approximate surface area is 201 Å². The smallest absolute Gasteiger partial charge is 0.317 e. The second-order valence-electron chi connectivity index (χ2n) is 8.49. The van der Waals surface area contributed by atoms with Crippen LogP contribution in [-0.4, -0.2) is 74.5 Å². The normalized spacial score (nSPS) is 17.4. The molecule has 0 saturated carbocycles. The SMILES string of the molecule is CCOc1ccc(S(=O)(=O)N2CCN(C(=O)NCc3cccnc3N3CCCCC3)CC2)cc1. The summed E-state index contributed by atoms with van der Waals surface area (Å²) in [6.07, 6.45) is 5.35. The summed E-state index contributed by atoms with van der Waals surface area (Å²) in [5, 5.41) is 2.99. The summed E-state index contributed by atoms with van der Waals surface area (Å²) in [5.41, 5.74) is 0.995. The predicted molar refractivity (Wildman–Crippen MR) is 130 cm³/mol. The first-order chi connectivity index (χ1) is 16.5. The minimum Gasteiger partial charge on any atom is -0.494 e. The van der Waals surface area contributed by atoms with Crippen LogP contribution in [0.3, 0.4) is 0 Å². The molecule has 0 bridgehead atoms. The highest BCUT2D eigenvalue weighted by Gasteiger charge is 2.30. The minimum atomic E-state index is -3.61. The number of nitrogens with zero attached hydrogens (tertiary/aromatic N) is 4. The number of aromatic nitrogens is 1. The summed E-state index contributed by atoms with van der Waals surface area (Å²) in [6, 6.07) is 10.2. The number of carbonyl (C=O) groups excluding carboxylic acids is 1. The van der Waals surface area contributed by atoms with Crippen molar-refractivity contribution in [2.24, 2.45) is 0 Å². The van der Waals surface area contributed by atoms with Crippen LogP contribution in [0.1, 0.15) is 31.7 Å². The fourth-order valence-corrected chi connectivity index (χ4v) is 5.82. The van der Waals surface area contributed by atoms with Gasteiger partial charge in [0.05, 0.1) is 11.5 Å². The third-order valence-corrected chi connectivity index (χ3v) is 8.16. The van der Waals surface area contributed by atoms with E-state index in [9.17, 15) is 13.2 Å². The van der Waals surface area contributed by atoms with Crippen molar-refractivity contribution in [1.29, 1.82) is 0 Å². The number of carbonyl (C=O) groups is 1. The highest BCUT2D eigenvalue weighted by atomic mass is 32.2. The first kappa shape index (κ1) is 24.3. The van der Waals surface area contributed by atoms with Crippen molar-refractivity contribution in [3.8, 4) is 5.75 Å². The molecule has 2 aromatic rings. The van der Waals surface area contributed by atoms with Crippen molar-refractivity contribution >= 4 is 21.9 Å². The number of hydrogen-bond donors (Lipinski definition) is 1. The van der Waals surface area contributed by atoms with E-state index in [1.807, 2.05) is 19.1 Å². The van der Waals surface area contributed by atoms with Crippen LogP contribution in [0.4, 0.5) is 10.6 Å². The zero-order chi connectivity index (χ0) is 24.0. The number of piperidine rings is 1. The molecule has 2 aliphatic heterocycles. The second-order valence-corrected chi connectivity index (χ2v) is 10.4. The lowest BCUT2D eigenvalue weighted by molar-refractivity contribution is 0.172. The Kier molecular flexibility index (Phi) is 7.89. The van der Waals surface area contributed by atoms with Crippen molar-refractivity contribution in [3.63, 3.8) is 0 Å². The lowest BCUT2D eigenvalue weighted by Crippen LogP contribution is -2.53. The van der Waals surface area contributed by atoms with Crippen LogP contribution in [-0.2, 0) is 16.6 Å². The molecule has 2 aliphatic rings. The van der Waals surface area contributed by atoms with Gasteiger partial charge in [-0.25, -0.2) is 18.2 Å². The number of benzene rings is 1. The van der Waals surface area contributed by atoms with Crippen molar-refractivity contribution in [2.75, 3.05) is 50.8 Å². The number of sulfonamides is 1. The lowest BCUT2D eigenvalue weighted by atomic mass is 10.1. The zero-order valence-corrected chi connectivity index (χ0v) is 20.5. The van der Waals surface area contributed by atoms with Gasteiger partial charge >= 0.3 is 6.03 Å². The van der Waals surface area contributed by atoms with Gasteiger partial charge in [0.15, 0.2) is 0 Å². The van der Waals surface area contributed by atoms with E-state index in [0.717, 1.165) is 37.3 Å². The first-order valence-electron chi connectivity index (χ1n) is 11.9. The maximum absolute atomic E-state index is 13.0. The van der Waals surface area contributed by atoms with Crippen molar-refractivity contribution in [1.82, 2.24) is 19.5 Å². The summed E-state index contributed by atoms with van der Waals surface area (Å²) in [6.45, 7) is 5.97. The molecule has 1 N–H and O–H groups in total. The van der Waals surface area contributed by atoms with E-state index in [-0.39, 0.29) is 24.0 Å². The number of hydrogen-bond acceptors (Lipinski definition) is 6. The Bertz CT molecular complexity index is 1060. The molecular weight excluding hydrogens is 454 g/mol. The van der Waals surface area contributed by atoms with Gasteiger partial charge in [-0.3, -0.25) is 0 Å². The highest BCUT2D eigenvalue weighted by molar-refractivity contribution is 7.89. The Hall–Kier alpha value is -2.85. The number of nitrogens with one attached hydrogen (secondary N) is 1. The Morgan fingerprint density at radius 3 is 2.38 bits per heavy atom. The quantitative estimate of drug-likeness (QED) is 0.645. The summed E-state index contributed by atoms with van der Waals surface area (Å²) in [7, 11) is -3.61. The fourth-order valence-electron chi connectivity index (χ4n) is 4.40. The number of anilines is 1. The van der Waals surface area contributed by atoms with Gasteiger partial charge < -0.3 is 19.9 Å². The van der Waals surface area contributed by atoms with Crippen molar-refractivity contribution in [3.05, 3.63) is 48.2 Å². The summed E-state index contributed by atoms with van der Waals surface area (Å²) < 4.78 is 32.8. The number of pyridine rings is 1. The molecule has 1 aromatic heterocycles. The predicted octanol–water partition coefficient (Wildman–Crippen LogP) is 2.69. The molecule has 2 fully saturated rings. The number of urea groups is 1. The largest absolute Gasteiger partial charge is 0.494 e. The standard InChI is InChI=1S/C24H33N5O4S/c1-2-33-21-8-10-22(11-9-21)34(31,32)29-17-15-28(16-18-29)24(30)26-19-20-7-6-12-25-23(20)27-13-4-3-5-14-27/h6-12H,2-5,13-19H2,1H3,(H,26,30). The average Bonchev–Trinajstić information content (AvgIpc) is 2.88. The number of piperazine rings is 1. The Morgan fingerprint density at radius 2 is 1.71 bits per heavy atom. The lowest BCUT2D eigenvalue weighted by Gasteiger charge is -2.34. The number of amides is 2. The van der Waals surface area contributed by atoms with Gasteiger partial charge in [-0.15, -0.1) is 0 Å². The van der Waals surface area contributed by atoms with Crippen LogP contribution < -0.4 is 15.0 Å². The Balaban J connectivity index is 1.31. The molecule has 4 rings (SSSR count). The third kappa shape index (κ3) is 5.61. The molecule has 0 unspecified atom stereocenters. The highest BCUT2D eigenvalue weighted by Crippen LogP contribution is 2.23. The summed E-state index contributed by atoms with van der Waals surface area (Å²) in [4.78, 5) is 21.5. The van der Waals surface area contributed by atoms with Crippen LogP contribution in [0.5, 0.6) is 5.75 Å². The molecule has 0 aliphatic carbocycles. The molecule has 2 saturated heterocycles. The van der Waals surface area contributed by atoms with E-state index in [1.165, 1.54) is 10.7 Å². The average molecular weight is 488 g/mol. The number of rotatable bonds is 7. The molecular formula is C24H33N5O4S. The van der Waals surface area contributed by atoms with Crippen LogP contribution >= 0.6 is 0 Å². The number of ether oxygens (including phenoxy) is 1. The summed E-state index contributed by atoms with van der Waals surface area (Å²) >= 11 is 0. The molecule has 9 nitrogen and oxygen atoms in total. The van der Waals surface area contributed by atoms with Gasteiger partial charge in [0.1, 0.15) is 11.6 Å². The van der Waals surface area contributed by atoms with Gasteiger partial charge in [-0.05, 0) is 56.5 Å². The topological polar surface area (TPSA) is 95.1 Å². The van der Waals surface area contributed by atoms with E-state index in [0.29, 0.717) is 32.0 Å². The van der Waals surface area contributed by atoms with Crippen LogP contribution in [0.25, 0.3) is 0 Å². The zero-order valence-electron chi connectivity index (χ0n) is 19.6. The van der Waals surface area contributed by atoms with Gasteiger partial charge in [-0.2, -0.15) is 4.31 Å². The maximum Gasteiger partial charge on any atom is 0.317 e. The molecule has 3 heterocycles. The van der Waals surface area contributed by atoms with Crippen LogP contribution in [0.2, 0.25) is 0 Å². The monoisotopic (exact) mass is 487 g/mol. The van der Waals surface area contributed by atoms with E-state index in [1.54, 1.807) is 35.4 Å². The van der Waals surface area contributed by atoms with Crippen LogP contribution in [0, 0.1) is 0 Å². The van der Waals surface area contributed by atoms with E-state index in [2.05, 4.69) is 15.2 Å². The molecule has 0 radical (unpaired) electrons. The Morgan fingerprint density at radius 1 is 1.00 bits per heavy atom.